The molecule has 0 spiro atoms. The van der Waals surface area contributed by atoms with Crippen molar-refractivity contribution in [2.45, 2.75) is 130 Å². The standard InChI is InChI=1S/2C13H27OSi.Cu.Li/c2*1-8-9-10-14-15(11(2)3,12(4)5)13(6)7;;/h2*9,11-13H,10H2,1-7H3;;/q2*-1;+2;. The molecule has 0 aliphatic carbocycles. The van der Waals surface area contributed by atoms with Crippen LogP contribution in [-0.2, 0) is 25.9 Å². The zero-order chi connectivity index (χ0) is 24.1. The zero-order valence-electron chi connectivity index (χ0n) is 24.2. The van der Waals surface area contributed by atoms with Crippen molar-refractivity contribution in [2.75, 3.05) is 13.2 Å². The Labute approximate surface area is 228 Å². The molecule has 0 atom stereocenters. The van der Waals surface area contributed by atoms with Gasteiger partial charge in [-0.25, -0.2) is 12.2 Å². The third kappa shape index (κ3) is 11.6. The molecular weight excluding hydrogens is 471 g/mol. The predicted molar refractivity (Wildman–Crippen MR) is 147 cm³/mol. The Morgan fingerprint density at radius 2 is 0.719 bits per heavy atom. The van der Waals surface area contributed by atoms with E-state index in [9.17, 15) is 0 Å². The van der Waals surface area contributed by atoms with Crippen molar-refractivity contribution in [3.8, 4) is 0 Å². The second-order valence-electron chi connectivity index (χ2n) is 10.2. The van der Waals surface area contributed by atoms with Gasteiger partial charge < -0.3 is 21.0 Å². The molecule has 0 aliphatic heterocycles. The van der Waals surface area contributed by atoms with Gasteiger partial charge in [0, 0.05) is 32.1 Å². The normalized spacial score (nSPS) is 12.9. The first-order valence-corrected chi connectivity index (χ1v) is 16.3. The van der Waals surface area contributed by atoms with E-state index < -0.39 is 16.6 Å². The molecule has 0 saturated carbocycles. The van der Waals surface area contributed by atoms with Crippen LogP contribution in [0.15, 0.2) is 12.2 Å². The average molecular weight is 525 g/mol. The first-order chi connectivity index (χ1) is 13.8. The van der Waals surface area contributed by atoms with Crippen LogP contribution in [0.4, 0.5) is 0 Å². The van der Waals surface area contributed by atoms with E-state index in [-0.39, 0.29) is 35.9 Å². The molecule has 0 aromatic heterocycles. The van der Waals surface area contributed by atoms with Gasteiger partial charge in [0.25, 0.3) is 0 Å². The fourth-order valence-electron chi connectivity index (χ4n) is 5.54. The maximum absolute atomic E-state index is 6.28. The van der Waals surface area contributed by atoms with Crippen LogP contribution in [0.5, 0.6) is 0 Å². The summed E-state index contributed by atoms with van der Waals surface area (Å²) < 4.78 is 12.6. The van der Waals surface area contributed by atoms with Gasteiger partial charge in [0.1, 0.15) is 0 Å². The third-order valence-electron chi connectivity index (χ3n) is 6.66. The minimum absolute atomic E-state index is 0. The maximum Gasteiger partial charge on any atom is 2.00 e. The van der Waals surface area contributed by atoms with Crippen LogP contribution < -0.4 is 0 Å². The summed E-state index contributed by atoms with van der Waals surface area (Å²) in [5.41, 5.74) is 4.02. The Morgan fingerprint density at radius 1 is 0.531 bits per heavy atom. The van der Waals surface area contributed by atoms with E-state index in [0.717, 1.165) is 13.2 Å². The summed E-state index contributed by atoms with van der Waals surface area (Å²) in [4.78, 5) is 0. The molecule has 190 valence electrons. The smallest absolute Gasteiger partial charge is 0.502 e. The fourth-order valence-corrected chi connectivity index (χ4v) is 16.3. The molecule has 32 heavy (non-hydrogen) atoms. The number of allylic oxidation sites excluding steroid dienone is 2. The van der Waals surface area contributed by atoms with Gasteiger partial charge in [-0.1, -0.05) is 83.1 Å². The third-order valence-corrected chi connectivity index (χ3v) is 18.8. The molecular formula is C26H54CuLiO2Si2. The second-order valence-corrected chi connectivity index (χ2v) is 21.2. The quantitative estimate of drug-likeness (QED) is 0.187. The topological polar surface area (TPSA) is 18.5 Å². The van der Waals surface area contributed by atoms with Gasteiger partial charge in [-0.2, -0.15) is 13.8 Å². The summed E-state index contributed by atoms with van der Waals surface area (Å²) in [6.07, 6.45) is 10.0. The van der Waals surface area contributed by atoms with Crippen molar-refractivity contribution < 1.29 is 25.9 Å². The Morgan fingerprint density at radius 3 is 0.844 bits per heavy atom. The van der Waals surface area contributed by atoms with Gasteiger partial charge in [0.15, 0.2) is 0 Å². The molecule has 6 heteroatoms. The molecule has 0 fully saturated rings. The van der Waals surface area contributed by atoms with E-state index in [1.807, 2.05) is 26.0 Å². The molecule has 0 heterocycles. The molecule has 0 saturated heterocycles. The summed E-state index contributed by atoms with van der Waals surface area (Å²) in [5.74, 6) is 0. The van der Waals surface area contributed by atoms with Crippen molar-refractivity contribution in [3.05, 3.63) is 24.3 Å². The minimum atomic E-state index is -1.64. The number of hydrogen-bond donors (Lipinski definition) is 0. The van der Waals surface area contributed by atoms with Crippen LogP contribution in [0.25, 0.3) is 0 Å². The Kier molecular flexibility index (Phi) is 25.3. The molecule has 0 unspecified atom stereocenters. The van der Waals surface area contributed by atoms with E-state index >= 15 is 0 Å². The van der Waals surface area contributed by atoms with Gasteiger partial charge in [-0.15, -0.1) is 0 Å². The van der Waals surface area contributed by atoms with Crippen LogP contribution in [0.3, 0.4) is 0 Å². The van der Waals surface area contributed by atoms with Crippen LogP contribution in [0.2, 0.25) is 33.2 Å². The summed E-state index contributed by atoms with van der Waals surface area (Å²) in [6.45, 7) is 33.0. The van der Waals surface area contributed by atoms with Crippen LogP contribution >= 0.6 is 0 Å². The maximum atomic E-state index is 6.28. The second kappa shape index (κ2) is 20.2. The predicted octanol–water partition coefficient (Wildman–Crippen LogP) is 8.73. The molecule has 2 nitrogen and oxygen atoms in total. The molecule has 0 aliphatic rings. The van der Waals surface area contributed by atoms with Gasteiger partial charge in [-0.3, -0.25) is 0 Å². The monoisotopic (exact) mass is 524 g/mol. The first kappa shape index (κ1) is 40.1. The fraction of sp³-hybridized carbons (Fsp3) is 0.846. The summed E-state index contributed by atoms with van der Waals surface area (Å²) in [5, 5.41) is 0. The number of hydrogen-bond acceptors (Lipinski definition) is 2. The summed E-state index contributed by atoms with van der Waals surface area (Å²) in [7, 11) is -3.27. The SMILES string of the molecule is C[C-]=CCO[Si](C(C)C)(C(C)C)C(C)C.C[C-]=CCO[Si](C(C)C)(C(C)C)C(C)C.[Cu+2].[Li]. The molecule has 0 N–H and O–H groups in total. The van der Waals surface area contributed by atoms with E-state index in [1.54, 1.807) is 0 Å². The zero-order valence-corrected chi connectivity index (χ0v) is 27.1. The summed E-state index contributed by atoms with van der Waals surface area (Å²) >= 11 is 0. The van der Waals surface area contributed by atoms with Gasteiger partial charge in [0.2, 0.25) is 16.6 Å². The first-order valence-electron chi connectivity index (χ1n) is 12.0. The van der Waals surface area contributed by atoms with Crippen LogP contribution in [-0.4, -0.2) is 48.7 Å². The van der Waals surface area contributed by atoms with Crippen molar-refractivity contribution in [1.29, 1.82) is 0 Å². The molecule has 0 aromatic carbocycles. The van der Waals surface area contributed by atoms with Gasteiger partial charge >= 0.3 is 17.1 Å². The van der Waals surface area contributed by atoms with E-state index in [4.69, 9.17) is 8.85 Å². The van der Waals surface area contributed by atoms with Gasteiger partial charge in [-0.05, 0) is 33.2 Å². The van der Waals surface area contributed by atoms with E-state index in [0.29, 0.717) is 33.2 Å². The molecule has 0 bridgehead atoms. The van der Waals surface area contributed by atoms with Crippen molar-refractivity contribution in [3.63, 3.8) is 0 Å². The van der Waals surface area contributed by atoms with Crippen molar-refractivity contribution in [2.24, 2.45) is 0 Å². The minimum Gasteiger partial charge on any atom is -0.502 e. The van der Waals surface area contributed by atoms with Crippen molar-refractivity contribution in [1.82, 2.24) is 0 Å². The summed E-state index contributed by atoms with van der Waals surface area (Å²) in [6, 6.07) is 0. The van der Waals surface area contributed by atoms with Gasteiger partial charge in [0.05, 0.1) is 0 Å². The number of rotatable bonds is 12. The van der Waals surface area contributed by atoms with Crippen LogP contribution in [0, 0.1) is 12.2 Å². The van der Waals surface area contributed by atoms with Crippen LogP contribution in [0.1, 0.15) is 96.9 Å². The Bertz CT molecular complexity index is 403. The Balaban J connectivity index is -0.000000231. The van der Waals surface area contributed by atoms with E-state index in [2.05, 4.69) is 95.2 Å². The average Bonchev–Trinajstić information content (AvgIpc) is 2.61. The molecule has 0 amide bonds. The van der Waals surface area contributed by atoms with E-state index in [1.165, 1.54) is 0 Å². The van der Waals surface area contributed by atoms with Crippen molar-refractivity contribution >= 4 is 35.5 Å². The molecule has 0 aromatic rings. The Hall–Kier alpha value is 0.951. The molecule has 2 radical (unpaired) electrons. The largest absolute Gasteiger partial charge is 2.00 e. The molecule has 0 rings (SSSR count).